The van der Waals surface area contributed by atoms with Gasteiger partial charge in [0.25, 0.3) is 5.91 Å². The molecule has 1 rings (SSSR count). The van der Waals surface area contributed by atoms with Crippen molar-refractivity contribution in [1.29, 1.82) is 0 Å². The summed E-state index contributed by atoms with van der Waals surface area (Å²) in [5.41, 5.74) is 0.232. The molecule has 0 saturated carbocycles. The molecule has 0 aliphatic heterocycles. The van der Waals surface area contributed by atoms with Crippen molar-refractivity contribution in [3.63, 3.8) is 0 Å². The summed E-state index contributed by atoms with van der Waals surface area (Å²) < 4.78 is 33.2. The number of aliphatic carboxylic acids is 2. The Kier molecular flexibility index (Phi) is 8.16. The number of amides is 1. The molecule has 2 N–H and O–H groups in total. The van der Waals surface area contributed by atoms with Gasteiger partial charge in [-0.05, 0) is 25.9 Å². The monoisotopic (exact) mass is 380 g/mol. The molecule has 1 amide bonds. The maximum Gasteiger partial charge on any atom is 0.490 e. The van der Waals surface area contributed by atoms with E-state index < -0.39 is 18.1 Å². The van der Waals surface area contributed by atoms with E-state index >= 15 is 0 Å². The third kappa shape index (κ3) is 8.40. The van der Waals surface area contributed by atoms with Crippen LogP contribution in [0.15, 0.2) is 18.5 Å². The lowest BCUT2D eigenvalue weighted by Gasteiger charge is -2.31. The normalized spacial score (nSPS) is 11.2. The minimum Gasteiger partial charge on any atom is -0.481 e. The smallest absolute Gasteiger partial charge is 0.481 e. The molecular weight excluding hydrogens is 359 g/mol. The summed E-state index contributed by atoms with van der Waals surface area (Å²) in [6.45, 7) is 6.15. The molecule has 1 heterocycles. The first kappa shape index (κ1) is 23.3. The quantitative estimate of drug-likeness (QED) is 0.763. The maximum atomic E-state index is 12.2. The van der Waals surface area contributed by atoms with Gasteiger partial charge < -0.3 is 15.1 Å². The molecule has 0 unspecified atom stereocenters. The van der Waals surface area contributed by atoms with Crippen LogP contribution in [0.4, 0.5) is 13.2 Å². The number of carboxylic acid groups (broad SMARTS) is 2. The number of hydrogen-bond acceptors (Lipinski definition) is 4. The van der Waals surface area contributed by atoms with E-state index in [0.29, 0.717) is 12.1 Å². The number of carbonyl (C=O) groups is 3. The number of halogens is 3. The predicted octanol–water partition coefficient (Wildman–Crippen LogP) is 1.35. The second-order valence-electron chi connectivity index (χ2n) is 6.16. The van der Waals surface area contributed by atoms with Crippen molar-refractivity contribution >= 4 is 17.8 Å². The lowest BCUT2D eigenvalue weighted by Crippen LogP contribution is -2.43. The molecule has 0 aliphatic carbocycles. The SMILES string of the molecule is CN(C(=O)c1cc[n+](CCC(=O)O)nc1)C(C)(C)C.O=C(O)C(F)(F)F. The van der Waals surface area contributed by atoms with Crippen LogP contribution in [0.2, 0.25) is 0 Å². The van der Waals surface area contributed by atoms with Crippen molar-refractivity contribution in [2.45, 2.75) is 45.5 Å². The van der Waals surface area contributed by atoms with Crippen molar-refractivity contribution < 1.29 is 42.4 Å². The minimum atomic E-state index is -5.08. The highest BCUT2D eigenvalue weighted by atomic mass is 19.4. The number of nitrogens with zero attached hydrogens (tertiary/aromatic N) is 3. The first-order chi connectivity index (χ1) is 11.7. The van der Waals surface area contributed by atoms with Gasteiger partial charge in [0.15, 0.2) is 12.7 Å². The zero-order valence-electron chi connectivity index (χ0n) is 14.7. The largest absolute Gasteiger partial charge is 0.490 e. The summed E-state index contributed by atoms with van der Waals surface area (Å²) in [5.74, 6) is -3.74. The van der Waals surface area contributed by atoms with Gasteiger partial charge >= 0.3 is 18.1 Å². The third-order valence-corrected chi connectivity index (χ3v) is 3.13. The fraction of sp³-hybridized carbons (Fsp3) is 0.533. The average Bonchev–Trinajstić information content (AvgIpc) is 2.50. The number of alkyl halides is 3. The van der Waals surface area contributed by atoms with Crippen LogP contribution in [0.1, 0.15) is 37.6 Å². The fourth-order valence-corrected chi connectivity index (χ4v) is 1.35. The Morgan fingerprint density at radius 3 is 2.00 bits per heavy atom. The van der Waals surface area contributed by atoms with Gasteiger partial charge in [-0.25, -0.2) is 4.79 Å². The van der Waals surface area contributed by atoms with Gasteiger partial charge in [0.1, 0.15) is 12.6 Å². The molecule has 146 valence electrons. The standard InChI is InChI=1S/C13H19N3O3.C2HF3O2/c1-13(2,3)15(4)12(19)10-5-7-16(14-9-10)8-6-11(17)18;3-2(4,5)1(6)7/h5,7,9H,6,8H2,1-4H3;(H,6,7)/p+1. The van der Waals surface area contributed by atoms with Gasteiger partial charge in [0.2, 0.25) is 0 Å². The molecule has 11 heteroatoms. The number of carboxylic acids is 2. The van der Waals surface area contributed by atoms with Crippen LogP contribution in [-0.4, -0.2) is 56.8 Å². The molecule has 0 saturated heterocycles. The highest BCUT2D eigenvalue weighted by Crippen LogP contribution is 2.14. The number of carbonyl (C=O) groups excluding carboxylic acids is 1. The van der Waals surface area contributed by atoms with Crippen LogP contribution in [0, 0.1) is 0 Å². The third-order valence-electron chi connectivity index (χ3n) is 3.13. The molecule has 0 fully saturated rings. The van der Waals surface area contributed by atoms with Crippen LogP contribution in [0.3, 0.4) is 0 Å². The van der Waals surface area contributed by atoms with Gasteiger partial charge in [-0.15, -0.1) is 0 Å². The van der Waals surface area contributed by atoms with Gasteiger partial charge in [-0.2, -0.15) is 13.2 Å². The first-order valence-electron chi connectivity index (χ1n) is 7.32. The van der Waals surface area contributed by atoms with Crippen LogP contribution in [-0.2, 0) is 16.1 Å². The van der Waals surface area contributed by atoms with Gasteiger partial charge in [0, 0.05) is 18.7 Å². The van der Waals surface area contributed by atoms with Crippen LogP contribution in [0.25, 0.3) is 0 Å². The summed E-state index contributed by atoms with van der Waals surface area (Å²) in [5, 5.41) is 19.7. The van der Waals surface area contributed by atoms with E-state index in [2.05, 4.69) is 5.10 Å². The van der Waals surface area contributed by atoms with Crippen molar-refractivity contribution in [3.8, 4) is 0 Å². The van der Waals surface area contributed by atoms with E-state index in [1.54, 1.807) is 24.2 Å². The second-order valence-corrected chi connectivity index (χ2v) is 6.16. The van der Waals surface area contributed by atoms with Crippen molar-refractivity contribution in [3.05, 3.63) is 24.0 Å². The Labute approximate surface area is 147 Å². The number of rotatable bonds is 4. The number of aromatic nitrogens is 2. The Hall–Kier alpha value is -2.72. The molecule has 26 heavy (non-hydrogen) atoms. The summed E-state index contributed by atoms with van der Waals surface area (Å²) >= 11 is 0. The molecule has 8 nitrogen and oxygen atoms in total. The van der Waals surface area contributed by atoms with E-state index in [-0.39, 0.29) is 17.9 Å². The molecule has 1 aromatic heterocycles. The Morgan fingerprint density at radius 1 is 1.19 bits per heavy atom. The molecule has 0 aromatic carbocycles. The summed E-state index contributed by atoms with van der Waals surface area (Å²) in [4.78, 5) is 33.1. The van der Waals surface area contributed by atoms with E-state index in [1.165, 1.54) is 10.9 Å². The Morgan fingerprint density at radius 2 is 1.69 bits per heavy atom. The molecule has 0 atom stereocenters. The molecular formula is C15H21F3N3O5+. The highest BCUT2D eigenvalue weighted by molar-refractivity contribution is 5.94. The lowest BCUT2D eigenvalue weighted by atomic mass is 10.1. The predicted molar refractivity (Wildman–Crippen MR) is 82.2 cm³/mol. The molecule has 0 radical (unpaired) electrons. The summed E-state index contributed by atoms with van der Waals surface area (Å²) in [6, 6.07) is 1.65. The maximum absolute atomic E-state index is 12.2. The molecule has 1 aromatic rings. The van der Waals surface area contributed by atoms with Gasteiger partial charge in [-0.1, -0.05) is 4.68 Å². The van der Waals surface area contributed by atoms with Crippen LogP contribution < -0.4 is 4.68 Å². The van der Waals surface area contributed by atoms with Crippen LogP contribution in [0.5, 0.6) is 0 Å². The topological polar surface area (TPSA) is 112 Å². The Bertz CT molecular complexity index is 639. The zero-order valence-corrected chi connectivity index (χ0v) is 14.7. The van der Waals surface area contributed by atoms with Crippen molar-refractivity contribution in [2.75, 3.05) is 7.05 Å². The van der Waals surface area contributed by atoms with E-state index in [0.717, 1.165) is 0 Å². The average molecular weight is 380 g/mol. The van der Waals surface area contributed by atoms with E-state index in [4.69, 9.17) is 15.0 Å². The molecule has 0 bridgehead atoms. The molecule has 0 aliphatic rings. The first-order valence-corrected chi connectivity index (χ1v) is 7.32. The second kappa shape index (κ2) is 9.11. The summed E-state index contributed by atoms with van der Waals surface area (Å²) in [7, 11) is 1.74. The lowest BCUT2D eigenvalue weighted by molar-refractivity contribution is -0.753. The number of hydrogen-bond donors (Lipinski definition) is 2. The van der Waals surface area contributed by atoms with Crippen molar-refractivity contribution in [2.24, 2.45) is 0 Å². The van der Waals surface area contributed by atoms with Gasteiger partial charge in [0.05, 0.1) is 5.56 Å². The molecule has 0 spiro atoms. The van der Waals surface area contributed by atoms with E-state index in [1.807, 2.05) is 20.8 Å². The summed E-state index contributed by atoms with van der Waals surface area (Å²) in [6.07, 6.45) is -1.99. The number of aryl methyl sites for hydroxylation is 1. The fourth-order valence-electron chi connectivity index (χ4n) is 1.35. The highest BCUT2D eigenvalue weighted by Gasteiger charge is 2.38. The van der Waals surface area contributed by atoms with E-state index in [9.17, 15) is 22.8 Å². The van der Waals surface area contributed by atoms with Crippen LogP contribution >= 0.6 is 0 Å². The minimum absolute atomic E-state index is 0.00680. The van der Waals surface area contributed by atoms with Crippen molar-refractivity contribution in [1.82, 2.24) is 10.00 Å². The van der Waals surface area contributed by atoms with Gasteiger partial charge in [-0.3, -0.25) is 9.59 Å². The Balaban J connectivity index is 0.000000758. The zero-order chi connectivity index (χ0) is 20.7.